The van der Waals surface area contributed by atoms with Gasteiger partial charge >= 0.3 is 0 Å². The van der Waals surface area contributed by atoms with Crippen molar-refractivity contribution in [3.8, 4) is 11.3 Å². The van der Waals surface area contributed by atoms with Crippen molar-refractivity contribution in [3.63, 3.8) is 0 Å². The first-order valence-electron chi connectivity index (χ1n) is 9.23. The molecule has 1 aliphatic heterocycles. The number of hydrogen-bond acceptors (Lipinski definition) is 5. The molecule has 2 N–H and O–H groups in total. The van der Waals surface area contributed by atoms with Crippen LogP contribution >= 0.6 is 11.6 Å². The lowest BCUT2D eigenvalue weighted by atomic mass is 10.1. The molecule has 1 amide bonds. The average molecular weight is 395 g/mol. The molecule has 0 saturated heterocycles. The molecule has 1 aliphatic carbocycles. The number of nitrogens with zero attached hydrogens (tertiary/aromatic N) is 4. The summed E-state index contributed by atoms with van der Waals surface area (Å²) in [5.41, 5.74) is 5.17. The Bertz CT molecular complexity index is 1090. The van der Waals surface area contributed by atoms with Crippen molar-refractivity contribution in [1.29, 1.82) is 0 Å². The summed E-state index contributed by atoms with van der Waals surface area (Å²) in [5, 5.41) is 10.5. The van der Waals surface area contributed by atoms with Crippen LogP contribution in [0.3, 0.4) is 0 Å². The lowest BCUT2D eigenvalue weighted by Crippen LogP contribution is -2.12. The largest absolute Gasteiger partial charge is 0.348 e. The van der Waals surface area contributed by atoms with Gasteiger partial charge in [-0.2, -0.15) is 5.10 Å². The molecule has 2 aliphatic rings. The fourth-order valence-corrected chi connectivity index (χ4v) is 3.66. The van der Waals surface area contributed by atoms with Gasteiger partial charge in [-0.25, -0.2) is 9.97 Å². The van der Waals surface area contributed by atoms with E-state index >= 15 is 0 Å². The van der Waals surface area contributed by atoms with Gasteiger partial charge in [0.15, 0.2) is 0 Å². The summed E-state index contributed by atoms with van der Waals surface area (Å²) in [4.78, 5) is 20.8. The summed E-state index contributed by atoms with van der Waals surface area (Å²) in [5.74, 6) is 0.432. The number of halogens is 1. The Labute approximate surface area is 167 Å². The molecule has 142 valence electrons. The fraction of sp³-hybridized carbons (Fsp3) is 0.300. The van der Waals surface area contributed by atoms with Crippen LogP contribution in [0.15, 0.2) is 36.8 Å². The molecule has 5 rings (SSSR count). The third-order valence-corrected chi connectivity index (χ3v) is 5.71. The number of rotatable bonds is 5. The Morgan fingerprint density at radius 1 is 1.32 bits per heavy atom. The van der Waals surface area contributed by atoms with Crippen LogP contribution < -0.4 is 10.6 Å². The SMILES string of the molecule is Cc1cnc(Nc2cccc3c2CNC3=O)nc1-c1cnn(CC2(Cl)CC2)c1. The van der Waals surface area contributed by atoms with Gasteiger partial charge in [-0.15, -0.1) is 11.6 Å². The van der Waals surface area contributed by atoms with Crippen LogP contribution in [0.5, 0.6) is 0 Å². The monoisotopic (exact) mass is 394 g/mol. The number of alkyl halides is 1. The van der Waals surface area contributed by atoms with Gasteiger partial charge in [0.2, 0.25) is 5.95 Å². The van der Waals surface area contributed by atoms with Gasteiger partial charge in [-0.1, -0.05) is 6.07 Å². The minimum Gasteiger partial charge on any atom is -0.348 e. The van der Waals surface area contributed by atoms with E-state index in [1.54, 1.807) is 6.20 Å². The van der Waals surface area contributed by atoms with Crippen molar-refractivity contribution >= 4 is 29.1 Å². The van der Waals surface area contributed by atoms with E-state index in [0.29, 0.717) is 24.6 Å². The zero-order valence-corrected chi connectivity index (χ0v) is 16.1. The van der Waals surface area contributed by atoms with Crippen molar-refractivity contribution in [3.05, 3.63) is 53.5 Å². The molecule has 1 fully saturated rings. The first kappa shape index (κ1) is 17.2. The van der Waals surface area contributed by atoms with E-state index < -0.39 is 0 Å². The van der Waals surface area contributed by atoms with Gasteiger partial charge in [-0.05, 0) is 37.5 Å². The highest BCUT2D eigenvalue weighted by molar-refractivity contribution is 6.25. The number of aryl methyl sites for hydroxylation is 1. The van der Waals surface area contributed by atoms with Gasteiger partial charge in [0, 0.05) is 41.3 Å². The van der Waals surface area contributed by atoms with E-state index in [9.17, 15) is 4.79 Å². The molecule has 1 aromatic carbocycles. The van der Waals surface area contributed by atoms with E-state index in [4.69, 9.17) is 16.6 Å². The van der Waals surface area contributed by atoms with Crippen molar-refractivity contribution in [2.45, 2.75) is 37.7 Å². The second-order valence-corrected chi connectivity index (χ2v) is 8.24. The molecular weight excluding hydrogens is 376 g/mol. The Balaban J connectivity index is 1.43. The van der Waals surface area contributed by atoms with Gasteiger partial charge < -0.3 is 10.6 Å². The molecule has 0 unspecified atom stereocenters. The zero-order chi connectivity index (χ0) is 19.3. The summed E-state index contributed by atoms with van der Waals surface area (Å²) in [6, 6.07) is 5.60. The van der Waals surface area contributed by atoms with Crippen LogP contribution in [0.25, 0.3) is 11.3 Å². The minimum atomic E-state index is -0.129. The average Bonchev–Trinajstić information content (AvgIpc) is 3.05. The summed E-state index contributed by atoms with van der Waals surface area (Å²) in [6.45, 7) is 3.19. The number of carbonyl (C=O) groups is 1. The topological polar surface area (TPSA) is 84.7 Å². The van der Waals surface area contributed by atoms with E-state index in [-0.39, 0.29) is 10.8 Å². The number of hydrogen-bond donors (Lipinski definition) is 2. The molecular formula is C20H19ClN6O. The number of carbonyl (C=O) groups excluding carboxylic acids is 1. The van der Waals surface area contributed by atoms with Crippen molar-refractivity contribution in [2.75, 3.05) is 5.32 Å². The van der Waals surface area contributed by atoms with Crippen LogP contribution in [0.2, 0.25) is 0 Å². The van der Waals surface area contributed by atoms with E-state index in [2.05, 4.69) is 20.7 Å². The van der Waals surface area contributed by atoms with Gasteiger partial charge in [0.05, 0.1) is 23.3 Å². The number of nitrogens with one attached hydrogen (secondary N) is 2. The smallest absolute Gasteiger partial charge is 0.251 e. The quantitative estimate of drug-likeness (QED) is 0.648. The van der Waals surface area contributed by atoms with Crippen LogP contribution in [-0.2, 0) is 13.1 Å². The third-order valence-electron chi connectivity index (χ3n) is 5.21. The van der Waals surface area contributed by atoms with Crippen molar-refractivity contribution in [1.82, 2.24) is 25.1 Å². The van der Waals surface area contributed by atoms with Crippen molar-refractivity contribution in [2.24, 2.45) is 0 Å². The first-order valence-corrected chi connectivity index (χ1v) is 9.61. The number of aromatic nitrogens is 4. The molecule has 2 aromatic heterocycles. The molecule has 1 saturated carbocycles. The lowest BCUT2D eigenvalue weighted by molar-refractivity contribution is 0.0966. The van der Waals surface area contributed by atoms with Crippen LogP contribution in [0.1, 0.15) is 34.3 Å². The standard InChI is InChI=1S/C20H19ClN6O/c1-12-7-23-19(25-16-4-2-3-14-15(16)9-22-18(14)28)26-17(12)13-8-24-27(10-13)11-20(21)5-6-20/h2-4,7-8,10H,5-6,9,11H2,1H3,(H,22,28)(H,23,25,26). The van der Waals surface area contributed by atoms with E-state index in [1.165, 1.54) is 0 Å². The molecule has 0 spiro atoms. The number of fused-ring (bicyclic) bond motifs is 1. The highest BCUT2D eigenvalue weighted by Gasteiger charge is 2.41. The first-order chi connectivity index (χ1) is 13.5. The number of amides is 1. The maximum Gasteiger partial charge on any atom is 0.251 e. The molecule has 7 nitrogen and oxygen atoms in total. The van der Waals surface area contributed by atoms with Gasteiger partial charge in [0.25, 0.3) is 5.91 Å². The predicted octanol–water partition coefficient (Wildman–Crippen LogP) is 3.41. The molecule has 3 aromatic rings. The Morgan fingerprint density at radius 2 is 2.18 bits per heavy atom. The molecule has 0 radical (unpaired) electrons. The molecule has 0 bridgehead atoms. The molecule has 8 heteroatoms. The normalized spacial score (nSPS) is 16.6. The lowest BCUT2D eigenvalue weighted by Gasteiger charge is -2.11. The van der Waals surface area contributed by atoms with Gasteiger partial charge in [-0.3, -0.25) is 9.48 Å². The van der Waals surface area contributed by atoms with E-state index in [1.807, 2.05) is 42.2 Å². The number of benzene rings is 1. The van der Waals surface area contributed by atoms with Crippen molar-refractivity contribution < 1.29 is 4.79 Å². The summed E-state index contributed by atoms with van der Waals surface area (Å²) in [6.07, 6.45) is 7.64. The Kier molecular flexibility index (Phi) is 3.87. The van der Waals surface area contributed by atoms with Crippen LogP contribution in [0, 0.1) is 6.92 Å². The predicted molar refractivity (Wildman–Crippen MR) is 107 cm³/mol. The number of anilines is 2. The highest BCUT2D eigenvalue weighted by atomic mass is 35.5. The highest BCUT2D eigenvalue weighted by Crippen LogP contribution is 2.43. The Morgan fingerprint density at radius 3 is 3.00 bits per heavy atom. The Hall–Kier alpha value is -2.93. The van der Waals surface area contributed by atoms with Gasteiger partial charge in [0.1, 0.15) is 0 Å². The second kappa shape index (κ2) is 6.31. The van der Waals surface area contributed by atoms with Crippen LogP contribution in [0.4, 0.5) is 11.6 Å². The molecule has 0 atom stereocenters. The fourth-order valence-electron chi connectivity index (χ4n) is 3.44. The summed E-state index contributed by atoms with van der Waals surface area (Å²) >= 11 is 6.41. The minimum absolute atomic E-state index is 0.0516. The molecule has 3 heterocycles. The maximum atomic E-state index is 11.9. The summed E-state index contributed by atoms with van der Waals surface area (Å²) in [7, 11) is 0. The zero-order valence-electron chi connectivity index (χ0n) is 15.4. The van der Waals surface area contributed by atoms with Crippen LogP contribution in [-0.4, -0.2) is 30.5 Å². The third kappa shape index (κ3) is 3.11. The van der Waals surface area contributed by atoms with E-state index in [0.717, 1.165) is 40.9 Å². The summed E-state index contributed by atoms with van der Waals surface area (Å²) < 4.78 is 1.88. The maximum absolute atomic E-state index is 11.9. The molecule has 28 heavy (non-hydrogen) atoms. The second-order valence-electron chi connectivity index (χ2n) is 7.44.